The van der Waals surface area contributed by atoms with Crippen molar-refractivity contribution in [3.8, 4) is 0 Å². The molecule has 2 rings (SSSR count). The van der Waals surface area contributed by atoms with Crippen molar-refractivity contribution in [3.05, 3.63) is 29.6 Å². The lowest BCUT2D eigenvalue weighted by Gasteiger charge is -1.89. The number of benzene rings is 1. The topological polar surface area (TPSA) is 0 Å². The number of fused-ring (bicyclic) bond motifs is 1. The quantitative estimate of drug-likeness (QED) is 0.669. The van der Waals surface area contributed by atoms with Gasteiger partial charge in [-0.05, 0) is 16.8 Å². The van der Waals surface area contributed by atoms with E-state index >= 15 is 0 Å². The summed E-state index contributed by atoms with van der Waals surface area (Å²) >= 11 is 5.28. The van der Waals surface area contributed by atoms with Gasteiger partial charge in [-0.1, -0.05) is 18.2 Å². The largest absolute Gasteiger partial charge is 0.509 e. The minimum Gasteiger partial charge on any atom is -0.296 e. The second-order valence-corrected chi connectivity index (χ2v) is 6.01. The van der Waals surface area contributed by atoms with Gasteiger partial charge in [-0.2, -0.15) is 0 Å². The zero-order valence-corrected chi connectivity index (χ0v) is 9.70. The van der Waals surface area contributed by atoms with Crippen LogP contribution in [0.4, 0.5) is 0 Å². The van der Waals surface area contributed by atoms with Crippen LogP contribution in [0.5, 0.6) is 0 Å². The SMILES string of the molecule is [Br][Mg][c]1csc2ccccc12. The van der Waals surface area contributed by atoms with Crippen molar-refractivity contribution in [2.24, 2.45) is 0 Å². The molecule has 0 unspecified atom stereocenters. The lowest BCUT2D eigenvalue weighted by atomic mass is 10.3. The summed E-state index contributed by atoms with van der Waals surface area (Å²) in [6.45, 7) is 0. The van der Waals surface area contributed by atoms with Crippen LogP contribution in [0.15, 0.2) is 29.6 Å². The van der Waals surface area contributed by atoms with Crippen molar-refractivity contribution in [1.82, 2.24) is 0 Å². The van der Waals surface area contributed by atoms with Crippen LogP contribution < -0.4 is 3.69 Å². The summed E-state index contributed by atoms with van der Waals surface area (Å²) in [5.41, 5.74) is 0. The Morgan fingerprint density at radius 2 is 2.09 bits per heavy atom. The Bertz CT molecular complexity index is 369. The number of hydrogen-bond donors (Lipinski definition) is 0. The minimum absolute atomic E-state index is 0.165. The van der Waals surface area contributed by atoms with Gasteiger partial charge in [-0.15, -0.1) is 15.0 Å². The molecule has 0 bridgehead atoms. The second kappa shape index (κ2) is 3.43. The molecule has 0 aliphatic heterocycles. The Morgan fingerprint density at radius 1 is 1.27 bits per heavy atom. The van der Waals surface area contributed by atoms with Crippen molar-refractivity contribution in [3.63, 3.8) is 0 Å². The van der Waals surface area contributed by atoms with Gasteiger partial charge in [-0.3, -0.25) is 12.9 Å². The Morgan fingerprint density at radius 3 is 2.91 bits per heavy atom. The van der Waals surface area contributed by atoms with E-state index in [1.165, 1.54) is 13.8 Å². The maximum Gasteiger partial charge on any atom is 0.509 e. The van der Waals surface area contributed by atoms with Gasteiger partial charge in [0.2, 0.25) is 0 Å². The number of hydrogen-bond acceptors (Lipinski definition) is 1. The van der Waals surface area contributed by atoms with E-state index in [0.29, 0.717) is 0 Å². The lowest BCUT2D eigenvalue weighted by molar-refractivity contribution is 1.87. The van der Waals surface area contributed by atoms with Gasteiger partial charge in [-0.25, -0.2) is 0 Å². The number of halogens is 1. The van der Waals surface area contributed by atoms with Gasteiger partial charge in [0.25, 0.3) is 0 Å². The van der Waals surface area contributed by atoms with Crippen LogP contribution in [0.25, 0.3) is 10.1 Å². The highest BCUT2D eigenvalue weighted by Crippen LogP contribution is 2.17. The summed E-state index contributed by atoms with van der Waals surface area (Å²) in [6, 6.07) is 8.59. The molecule has 0 spiro atoms. The van der Waals surface area contributed by atoms with Crippen molar-refractivity contribution >= 4 is 56.2 Å². The maximum absolute atomic E-state index is 3.60. The lowest BCUT2D eigenvalue weighted by Crippen LogP contribution is -2.03. The molecule has 1 heterocycles. The predicted octanol–water partition coefficient (Wildman–Crippen LogP) is 2.54. The second-order valence-electron chi connectivity index (χ2n) is 2.39. The third-order valence-electron chi connectivity index (χ3n) is 1.71. The Labute approximate surface area is 85.2 Å². The third kappa shape index (κ3) is 1.47. The first-order valence-corrected chi connectivity index (χ1v) is 8.91. The van der Waals surface area contributed by atoms with E-state index in [0.717, 1.165) is 0 Å². The van der Waals surface area contributed by atoms with Gasteiger partial charge < -0.3 is 0 Å². The fourth-order valence-electron chi connectivity index (χ4n) is 1.14. The van der Waals surface area contributed by atoms with Gasteiger partial charge in [0, 0.05) is 4.70 Å². The summed E-state index contributed by atoms with van der Waals surface area (Å²) in [7, 11) is 0. The molecule has 1 aromatic heterocycles. The normalized spacial score (nSPS) is 9.91. The van der Waals surface area contributed by atoms with Crippen molar-refractivity contribution in [2.75, 3.05) is 0 Å². The average molecular weight is 237 g/mol. The van der Waals surface area contributed by atoms with Crippen LogP contribution in [-0.2, 0) is 0 Å². The van der Waals surface area contributed by atoms with E-state index in [1.54, 1.807) is 0 Å². The molecule has 0 fully saturated rings. The van der Waals surface area contributed by atoms with E-state index in [4.69, 9.17) is 0 Å². The molecule has 0 saturated carbocycles. The van der Waals surface area contributed by atoms with E-state index in [-0.39, 0.29) is 18.2 Å². The third-order valence-corrected chi connectivity index (χ3v) is 5.70. The number of thiophene rings is 1. The van der Waals surface area contributed by atoms with Crippen molar-refractivity contribution in [1.29, 1.82) is 0 Å². The Hall–Kier alpha value is 0.426. The van der Waals surface area contributed by atoms with E-state index < -0.39 is 0 Å². The molecule has 0 aliphatic rings. The van der Waals surface area contributed by atoms with Crippen LogP contribution in [-0.4, -0.2) is 18.2 Å². The minimum atomic E-state index is -0.165. The zero-order valence-electron chi connectivity index (χ0n) is 5.88. The zero-order chi connectivity index (χ0) is 7.68. The van der Waals surface area contributed by atoms with Crippen LogP contribution in [0.3, 0.4) is 0 Å². The van der Waals surface area contributed by atoms with Crippen LogP contribution in [0.1, 0.15) is 0 Å². The molecule has 0 radical (unpaired) electrons. The first-order valence-electron chi connectivity index (χ1n) is 3.43. The molecule has 2 aromatic rings. The molecule has 3 heteroatoms. The first kappa shape index (κ1) is 8.04. The van der Waals surface area contributed by atoms with E-state index in [2.05, 4.69) is 42.5 Å². The number of rotatable bonds is 1. The fourth-order valence-corrected chi connectivity index (χ4v) is 5.19. The van der Waals surface area contributed by atoms with Gasteiger partial charge in [0.15, 0.2) is 0 Å². The standard InChI is InChI=1S/C8H5S.BrH.Mg/c1-2-4-8-7(3-1)5-6-9-8;;/h1-4,6H;1H;/q;;+1/p-1. The van der Waals surface area contributed by atoms with Crippen LogP contribution >= 0.6 is 24.2 Å². The highest BCUT2D eigenvalue weighted by molar-refractivity contribution is 9.23. The smallest absolute Gasteiger partial charge is 0.296 e. The molecule has 0 atom stereocenters. The molecule has 0 saturated heterocycles. The molecule has 0 aliphatic carbocycles. The summed E-state index contributed by atoms with van der Waals surface area (Å²) in [5.74, 6) is 0. The van der Waals surface area contributed by atoms with Gasteiger partial charge >= 0.3 is 18.2 Å². The summed E-state index contributed by atoms with van der Waals surface area (Å²) < 4.78 is 2.94. The maximum atomic E-state index is 3.60. The van der Waals surface area contributed by atoms with E-state index in [9.17, 15) is 0 Å². The molecule has 0 N–H and O–H groups in total. The fraction of sp³-hybridized carbons (Fsp3) is 0. The van der Waals surface area contributed by atoms with Crippen LogP contribution in [0.2, 0.25) is 0 Å². The summed E-state index contributed by atoms with van der Waals surface area (Å²) in [4.78, 5) is 0. The van der Waals surface area contributed by atoms with Crippen molar-refractivity contribution in [2.45, 2.75) is 0 Å². The van der Waals surface area contributed by atoms with Crippen LogP contribution in [0, 0.1) is 0 Å². The highest BCUT2D eigenvalue weighted by Gasteiger charge is 2.02. The molecule has 1 aromatic carbocycles. The Kier molecular flexibility index (Phi) is 2.51. The molecular weight excluding hydrogens is 232 g/mol. The molecule has 0 amide bonds. The van der Waals surface area contributed by atoms with Crippen molar-refractivity contribution < 1.29 is 0 Å². The molecule has 52 valence electrons. The summed E-state index contributed by atoms with van der Waals surface area (Å²) in [6.07, 6.45) is 0. The predicted molar refractivity (Wildman–Crippen MR) is 56.1 cm³/mol. The van der Waals surface area contributed by atoms with Gasteiger partial charge in [0.05, 0.1) is 0 Å². The molecular formula is C8H5BrMgS. The monoisotopic (exact) mass is 236 g/mol. The average Bonchev–Trinajstić information content (AvgIpc) is 2.47. The molecule has 0 nitrogen and oxygen atoms in total. The molecule has 11 heavy (non-hydrogen) atoms. The Balaban J connectivity index is 2.76. The van der Waals surface area contributed by atoms with Gasteiger partial charge in [0.1, 0.15) is 0 Å². The highest BCUT2D eigenvalue weighted by atomic mass is 79.9. The summed E-state index contributed by atoms with van der Waals surface area (Å²) in [5, 5.41) is 3.71. The first-order chi connectivity index (χ1) is 5.42. The van der Waals surface area contributed by atoms with E-state index in [1.807, 2.05) is 11.3 Å².